The Bertz CT molecular complexity index is 698. The Balaban J connectivity index is 1.44. The van der Waals surface area contributed by atoms with E-state index < -0.39 is 0 Å². The zero-order chi connectivity index (χ0) is 17.8. The fourth-order valence-corrected chi connectivity index (χ4v) is 4.03. The highest BCUT2D eigenvalue weighted by molar-refractivity contribution is 5.49. The second kappa shape index (κ2) is 8.18. The second-order valence-electron chi connectivity index (χ2n) is 7.40. The molecule has 4 heterocycles. The second-order valence-corrected chi connectivity index (χ2v) is 7.40. The summed E-state index contributed by atoms with van der Waals surface area (Å²) < 4.78 is 11.1. The van der Waals surface area contributed by atoms with Gasteiger partial charge in [-0.1, -0.05) is 0 Å². The van der Waals surface area contributed by atoms with E-state index in [0.29, 0.717) is 6.10 Å². The van der Waals surface area contributed by atoms with Crippen LogP contribution in [0.3, 0.4) is 0 Å². The van der Waals surface area contributed by atoms with Crippen LogP contribution in [0.25, 0.3) is 0 Å². The van der Waals surface area contributed by atoms with Gasteiger partial charge >= 0.3 is 0 Å². The van der Waals surface area contributed by atoms with E-state index in [-0.39, 0.29) is 0 Å². The minimum absolute atomic E-state index is 0.322. The maximum Gasteiger partial charge on any atom is 0.135 e. The predicted octanol–water partition coefficient (Wildman–Crippen LogP) is 2.68. The zero-order valence-electron chi connectivity index (χ0n) is 15.6. The Morgan fingerprint density at radius 2 is 2.15 bits per heavy atom. The highest BCUT2D eigenvalue weighted by Crippen LogP contribution is 2.25. The van der Waals surface area contributed by atoms with Gasteiger partial charge in [-0.05, 0) is 31.7 Å². The molecule has 2 aromatic heterocycles. The van der Waals surface area contributed by atoms with Crippen LogP contribution in [0, 0.1) is 0 Å². The van der Waals surface area contributed by atoms with Crippen molar-refractivity contribution in [1.82, 2.24) is 14.9 Å². The molecule has 2 aliphatic rings. The van der Waals surface area contributed by atoms with Gasteiger partial charge in [-0.25, -0.2) is 9.97 Å². The van der Waals surface area contributed by atoms with Crippen LogP contribution in [0.4, 0.5) is 5.82 Å². The number of rotatable bonds is 5. The summed E-state index contributed by atoms with van der Waals surface area (Å²) in [7, 11) is 2.13. The maximum absolute atomic E-state index is 5.91. The van der Waals surface area contributed by atoms with E-state index in [9.17, 15) is 0 Å². The number of hydrogen-bond donors (Lipinski definition) is 0. The number of aromatic nitrogens is 2. The van der Waals surface area contributed by atoms with Gasteiger partial charge < -0.3 is 14.1 Å². The average molecular weight is 356 g/mol. The summed E-state index contributed by atoms with van der Waals surface area (Å²) >= 11 is 0. The molecule has 0 unspecified atom stereocenters. The van der Waals surface area contributed by atoms with E-state index in [0.717, 1.165) is 57.9 Å². The van der Waals surface area contributed by atoms with Gasteiger partial charge in [-0.15, -0.1) is 0 Å². The zero-order valence-corrected chi connectivity index (χ0v) is 15.6. The van der Waals surface area contributed by atoms with Gasteiger partial charge in [0.25, 0.3) is 0 Å². The summed E-state index contributed by atoms with van der Waals surface area (Å²) in [6, 6.07) is 2.04. The number of likely N-dealkylation sites (N-methyl/N-ethyl adjacent to an activating group) is 1. The van der Waals surface area contributed by atoms with Crippen LogP contribution in [0.15, 0.2) is 29.3 Å². The summed E-state index contributed by atoms with van der Waals surface area (Å²) in [5.41, 5.74) is 3.73. The Hall–Kier alpha value is -1.92. The molecule has 2 aromatic rings. The van der Waals surface area contributed by atoms with Crippen LogP contribution >= 0.6 is 0 Å². The quantitative estimate of drug-likeness (QED) is 0.821. The van der Waals surface area contributed by atoms with E-state index in [1.165, 1.54) is 29.7 Å². The molecule has 6 nitrogen and oxygen atoms in total. The Morgan fingerprint density at radius 1 is 1.23 bits per heavy atom. The highest BCUT2D eigenvalue weighted by atomic mass is 16.5. The van der Waals surface area contributed by atoms with Crippen LogP contribution in [0.1, 0.15) is 36.1 Å². The first-order valence-corrected chi connectivity index (χ1v) is 9.68. The van der Waals surface area contributed by atoms with Crippen molar-refractivity contribution < 1.29 is 9.15 Å². The summed E-state index contributed by atoms with van der Waals surface area (Å²) in [6.07, 6.45) is 11.2. The fourth-order valence-electron chi connectivity index (χ4n) is 4.03. The van der Waals surface area contributed by atoms with Crippen molar-refractivity contribution in [2.45, 2.75) is 44.8 Å². The molecular weight excluding hydrogens is 328 g/mol. The summed E-state index contributed by atoms with van der Waals surface area (Å²) in [5.74, 6) is 1.08. The molecule has 4 rings (SSSR count). The van der Waals surface area contributed by atoms with E-state index in [1.807, 2.05) is 12.3 Å². The molecule has 0 N–H and O–H groups in total. The minimum atomic E-state index is 0.322. The molecule has 0 saturated carbocycles. The molecule has 0 bridgehead atoms. The third-order valence-electron chi connectivity index (χ3n) is 5.45. The largest absolute Gasteiger partial charge is 0.472 e. The van der Waals surface area contributed by atoms with E-state index in [1.54, 1.807) is 12.6 Å². The van der Waals surface area contributed by atoms with Crippen molar-refractivity contribution in [1.29, 1.82) is 0 Å². The molecular formula is C20H28N4O2. The molecule has 2 aliphatic heterocycles. The molecule has 6 heteroatoms. The van der Waals surface area contributed by atoms with Crippen molar-refractivity contribution in [3.63, 3.8) is 0 Å². The van der Waals surface area contributed by atoms with Gasteiger partial charge in [-0.3, -0.25) is 4.90 Å². The lowest BCUT2D eigenvalue weighted by atomic mass is 10.1. The number of furan rings is 1. The Labute approximate surface area is 155 Å². The van der Waals surface area contributed by atoms with Gasteiger partial charge in [0.2, 0.25) is 0 Å². The van der Waals surface area contributed by atoms with Gasteiger partial charge in [0, 0.05) is 57.4 Å². The first kappa shape index (κ1) is 17.5. The molecule has 26 heavy (non-hydrogen) atoms. The van der Waals surface area contributed by atoms with Gasteiger partial charge in [0.15, 0.2) is 0 Å². The van der Waals surface area contributed by atoms with Crippen molar-refractivity contribution in [3.8, 4) is 0 Å². The topological polar surface area (TPSA) is 54.6 Å². The molecule has 0 radical (unpaired) electrons. The minimum Gasteiger partial charge on any atom is -0.472 e. The summed E-state index contributed by atoms with van der Waals surface area (Å²) in [4.78, 5) is 14.0. The van der Waals surface area contributed by atoms with Crippen molar-refractivity contribution in [2.24, 2.45) is 0 Å². The van der Waals surface area contributed by atoms with Gasteiger partial charge in [-0.2, -0.15) is 0 Å². The van der Waals surface area contributed by atoms with E-state index >= 15 is 0 Å². The third kappa shape index (κ3) is 4.07. The monoisotopic (exact) mass is 356 g/mol. The number of nitrogens with zero attached hydrogens (tertiary/aromatic N) is 4. The lowest BCUT2D eigenvalue weighted by Crippen LogP contribution is -2.34. The molecule has 1 fully saturated rings. The van der Waals surface area contributed by atoms with E-state index in [4.69, 9.17) is 9.15 Å². The predicted molar refractivity (Wildman–Crippen MR) is 100 cm³/mol. The van der Waals surface area contributed by atoms with Crippen molar-refractivity contribution in [3.05, 3.63) is 41.7 Å². The fraction of sp³-hybridized carbons (Fsp3) is 0.600. The van der Waals surface area contributed by atoms with Crippen LogP contribution in [-0.4, -0.2) is 54.3 Å². The van der Waals surface area contributed by atoms with Crippen LogP contribution in [-0.2, 0) is 24.1 Å². The highest BCUT2D eigenvalue weighted by Gasteiger charge is 2.23. The summed E-state index contributed by atoms with van der Waals surface area (Å²) in [5, 5.41) is 0. The van der Waals surface area contributed by atoms with Crippen LogP contribution in [0.5, 0.6) is 0 Å². The van der Waals surface area contributed by atoms with E-state index in [2.05, 4.69) is 26.8 Å². The molecule has 1 atom stereocenters. The maximum atomic E-state index is 5.91. The average Bonchev–Trinajstić information content (AvgIpc) is 3.09. The molecule has 1 saturated heterocycles. The van der Waals surface area contributed by atoms with Crippen molar-refractivity contribution in [2.75, 3.05) is 38.2 Å². The third-order valence-corrected chi connectivity index (χ3v) is 5.45. The first-order chi connectivity index (χ1) is 12.8. The number of fused-ring (bicyclic) bond motifs is 1. The van der Waals surface area contributed by atoms with Gasteiger partial charge in [0.1, 0.15) is 12.1 Å². The SMILES string of the molecule is CN(C[C@@H]1CCCCO1)c1ncnc2c1CCN(Cc1ccoc1)CC2. The van der Waals surface area contributed by atoms with Crippen LogP contribution in [0.2, 0.25) is 0 Å². The molecule has 0 aliphatic carbocycles. The molecule has 0 amide bonds. The molecule has 0 spiro atoms. The lowest BCUT2D eigenvalue weighted by Gasteiger charge is -2.29. The molecule has 0 aromatic carbocycles. The normalized spacial score (nSPS) is 21.2. The summed E-state index contributed by atoms with van der Waals surface area (Å²) in [6.45, 7) is 4.76. The smallest absolute Gasteiger partial charge is 0.135 e. The lowest BCUT2D eigenvalue weighted by molar-refractivity contribution is 0.0215. The number of hydrogen-bond acceptors (Lipinski definition) is 6. The van der Waals surface area contributed by atoms with Gasteiger partial charge in [0.05, 0.1) is 24.3 Å². The number of anilines is 1. The Kier molecular flexibility index (Phi) is 5.51. The molecule has 140 valence electrons. The number of ether oxygens (including phenoxy) is 1. The first-order valence-electron chi connectivity index (χ1n) is 9.68. The Morgan fingerprint density at radius 3 is 2.96 bits per heavy atom. The standard InChI is InChI=1S/C20H28N4O2/c1-23(13-17-4-2-3-10-26-17)20-18-5-8-24(12-16-7-11-25-14-16)9-6-19(18)21-15-22-20/h7,11,14-15,17H,2-6,8-10,12-13H2,1H3/t17-/m0/s1. The van der Waals surface area contributed by atoms with Crippen LogP contribution < -0.4 is 4.90 Å². The van der Waals surface area contributed by atoms with Crippen molar-refractivity contribution >= 4 is 5.82 Å².